The van der Waals surface area contributed by atoms with Crippen molar-refractivity contribution in [2.75, 3.05) is 11.5 Å². The van der Waals surface area contributed by atoms with Crippen molar-refractivity contribution in [2.45, 2.75) is 12.2 Å². The molecular weight excluding hydrogens is 188 g/mol. The number of hydrogen-bond acceptors (Lipinski definition) is 5. The number of anilines is 1. The van der Waals surface area contributed by atoms with E-state index in [0.717, 1.165) is 0 Å². The summed E-state index contributed by atoms with van der Waals surface area (Å²) in [5, 5.41) is 18.8. The number of aromatic nitrogens is 1. The molecule has 1 heterocycles. The zero-order valence-corrected chi connectivity index (χ0v) is 7.85. The lowest BCUT2D eigenvalue weighted by Gasteiger charge is -2.14. The summed E-state index contributed by atoms with van der Waals surface area (Å²) in [5.41, 5.74) is 6.36. The van der Waals surface area contributed by atoms with Crippen LogP contribution in [0.1, 0.15) is 11.8 Å². The lowest BCUT2D eigenvalue weighted by molar-refractivity contribution is 0.0311. The summed E-state index contributed by atoms with van der Waals surface area (Å²) in [6, 6.07) is 3.14. The number of aliphatic hydroxyl groups is 2. The number of thiol groups is 1. The van der Waals surface area contributed by atoms with E-state index in [9.17, 15) is 10.2 Å². The normalized spacial score (nSPS) is 15.3. The van der Waals surface area contributed by atoms with Crippen LogP contribution in [0.15, 0.2) is 18.3 Å². The van der Waals surface area contributed by atoms with Crippen LogP contribution in [0.4, 0.5) is 5.69 Å². The molecule has 2 unspecified atom stereocenters. The van der Waals surface area contributed by atoms with E-state index in [4.69, 9.17) is 5.73 Å². The van der Waals surface area contributed by atoms with Crippen LogP contribution in [0.5, 0.6) is 0 Å². The second-order valence-corrected chi connectivity index (χ2v) is 3.07. The van der Waals surface area contributed by atoms with Crippen LogP contribution >= 0.6 is 12.6 Å². The number of nitrogens with two attached hydrogens (primary N) is 1. The van der Waals surface area contributed by atoms with Gasteiger partial charge < -0.3 is 15.9 Å². The molecule has 1 aromatic rings. The third kappa shape index (κ3) is 2.58. The number of pyridine rings is 1. The fourth-order valence-corrected chi connectivity index (χ4v) is 1.12. The maximum atomic E-state index is 9.50. The van der Waals surface area contributed by atoms with Crippen LogP contribution in [0.25, 0.3) is 0 Å². The van der Waals surface area contributed by atoms with Gasteiger partial charge in [0.25, 0.3) is 0 Å². The first-order chi connectivity index (χ1) is 6.15. The second kappa shape index (κ2) is 4.45. The van der Waals surface area contributed by atoms with Crippen LogP contribution in [0.2, 0.25) is 0 Å². The highest BCUT2D eigenvalue weighted by Gasteiger charge is 2.17. The van der Waals surface area contributed by atoms with Gasteiger partial charge in [-0.05, 0) is 12.1 Å². The molecule has 4 N–H and O–H groups in total. The van der Waals surface area contributed by atoms with E-state index >= 15 is 0 Å². The first-order valence-electron chi connectivity index (χ1n) is 3.83. The third-order valence-corrected chi connectivity index (χ3v) is 2.03. The molecule has 1 aromatic heterocycles. The van der Waals surface area contributed by atoms with Crippen LogP contribution < -0.4 is 5.73 Å². The summed E-state index contributed by atoms with van der Waals surface area (Å²) in [4.78, 5) is 3.88. The van der Waals surface area contributed by atoms with Crippen molar-refractivity contribution in [1.82, 2.24) is 4.98 Å². The average molecular weight is 200 g/mol. The maximum Gasteiger partial charge on any atom is 0.123 e. The Bertz CT molecular complexity index is 283. The molecule has 0 saturated heterocycles. The lowest BCUT2D eigenvalue weighted by atomic mass is 10.1. The van der Waals surface area contributed by atoms with Crippen molar-refractivity contribution in [1.29, 1.82) is 0 Å². The molecule has 4 nitrogen and oxygen atoms in total. The molecule has 0 fully saturated rings. The summed E-state index contributed by atoms with van der Waals surface area (Å²) in [6.07, 6.45) is -0.460. The summed E-state index contributed by atoms with van der Waals surface area (Å²) < 4.78 is 0. The van der Waals surface area contributed by atoms with E-state index in [2.05, 4.69) is 17.6 Å². The summed E-state index contributed by atoms with van der Waals surface area (Å²) >= 11 is 3.86. The molecule has 0 saturated carbocycles. The van der Waals surface area contributed by atoms with Crippen molar-refractivity contribution in [2.24, 2.45) is 0 Å². The van der Waals surface area contributed by atoms with E-state index < -0.39 is 12.2 Å². The largest absolute Gasteiger partial charge is 0.399 e. The molecule has 5 heteroatoms. The highest BCUT2D eigenvalue weighted by molar-refractivity contribution is 7.80. The van der Waals surface area contributed by atoms with E-state index in [1.807, 2.05) is 0 Å². The Balaban J connectivity index is 2.82. The fourth-order valence-electron chi connectivity index (χ4n) is 0.924. The smallest absolute Gasteiger partial charge is 0.123 e. The summed E-state index contributed by atoms with van der Waals surface area (Å²) in [7, 11) is 0. The molecule has 0 spiro atoms. The molecule has 0 amide bonds. The Labute approximate surface area is 81.8 Å². The van der Waals surface area contributed by atoms with Gasteiger partial charge >= 0.3 is 0 Å². The highest BCUT2D eigenvalue weighted by Crippen LogP contribution is 2.16. The Kier molecular flexibility index (Phi) is 3.53. The standard InChI is InChI=1S/C8H12N2O2S/c9-5-1-2-10-6(3-5)8(12)7(11)4-13/h1-3,7-8,11-13H,4H2,(H2,9,10). The molecule has 0 aliphatic heterocycles. The van der Waals surface area contributed by atoms with Gasteiger partial charge in [0.1, 0.15) is 6.10 Å². The Hall–Kier alpha value is -0.780. The lowest BCUT2D eigenvalue weighted by Crippen LogP contribution is -2.20. The van der Waals surface area contributed by atoms with Gasteiger partial charge in [-0.15, -0.1) is 0 Å². The molecule has 0 aliphatic rings. The molecule has 0 aliphatic carbocycles. The van der Waals surface area contributed by atoms with Gasteiger partial charge in [0.15, 0.2) is 0 Å². The quantitative estimate of drug-likeness (QED) is 0.517. The average Bonchev–Trinajstić information content (AvgIpc) is 2.15. The summed E-state index contributed by atoms with van der Waals surface area (Å²) in [6.45, 7) is 0. The fraction of sp³-hybridized carbons (Fsp3) is 0.375. The van der Waals surface area contributed by atoms with Gasteiger partial charge in [-0.3, -0.25) is 4.98 Å². The monoisotopic (exact) mass is 200 g/mol. The van der Waals surface area contributed by atoms with Crippen molar-refractivity contribution >= 4 is 18.3 Å². The Morgan fingerprint density at radius 2 is 2.23 bits per heavy atom. The third-order valence-electron chi connectivity index (χ3n) is 1.66. The molecule has 1 rings (SSSR count). The van der Waals surface area contributed by atoms with E-state index in [1.54, 1.807) is 6.07 Å². The first kappa shape index (κ1) is 10.3. The van der Waals surface area contributed by atoms with E-state index in [-0.39, 0.29) is 5.75 Å². The number of nitrogens with zero attached hydrogens (tertiary/aromatic N) is 1. The minimum absolute atomic E-state index is 0.178. The molecule has 0 aromatic carbocycles. The number of nitrogen functional groups attached to an aromatic ring is 1. The minimum atomic E-state index is -1.03. The molecular formula is C8H12N2O2S. The second-order valence-electron chi connectivity index (χ2n) is 2.71. The molecule has 0 bridgehead atoms. The molecule has 72 valence electrons. The predicted octanol–water partition coefficient (Wildman–Crippen LogP) is -0.0121. The van der Waals surface area contributed by atoms with Crippen molar-refractivity contribution in [3.8, 4) is 0 Å². The maximum absolute atomic E-state index is 9.50. The first-order valence-corrected chi connectivity index (χ1v) is 4.47. The molecule has 2 atom stereocenters. The van der Waals surface area contributed by atoms with Crippen molar-refractivity contribution in [3.63, 3.8) is 0 Å². The minimum Gasteiger partial charge on any atom is -0.399 e. The molecule has 13 heavy (non-hydrogen) atoms. The highest BCUT2D eigenvalue weighted by atomic mass is 32.1. The SMILES string of the molecule is Nc1ccnc(C(O)C(O)CS)c1. The Morgan fingerprint density at radius 3 is 2.77 bits per heavy atom. The van der Waals surface area contributed by atoms with Crippen LogP contribution in [0, 0.1) is 0 Å². The van der Waals surface area contributed by atoms with Gasteiger partial charge in [0, 0.05) is 17.6 Å². The van der Waals surface area contributed by atoms with Gasteiger partial charge in [-0.2, -0.15) is 12.6 Å². The van der Waals surface area contributed by atoms with Gasteiger partial charge in [0.2, 0.25) is 0 Å². The number of hydrogen-bond donors (Lipinski definition) is 4. The van der Waals surface area contributed by atoms with E-state index in [1.165, 1.54) is 12.3 Å². The van der Waals surface area contributed by atoms with Gasteiger partial charge in [-0.1, -0.05) is 0 Å². The molecule has 0 radical (unpaired) electrons. The topological polar surface area (TPSA) is 79.4 Å². The van der Waals surface area contributed by atoms with Crippen molar-refractivity contribution in [3.05, 3.63) is 24.0 Å². The predicted molar refractivity (Wildman–Crippen MR) is 53.5 cm³/mol. The Morgan fingerprint density at radius 1 is 1.54 bits per heavy atom. The van der Waals surface area contributed by atoms with Crippen LogP contribution in [0.3, 0.4) is 0 Å². The number of aliphatic hydroxyl groups excluding tert-OH is 2. The van der Waals surface area contributed by atoms with E-state index in [0.29, 0.717) is 11.4 Å². The number of rotatable bonds is 3. The van der Waals surface area contributed by atoms with Gasteiger partial charge in [-0.25, -0.2) is 0 Å². The zero-order chi connectivity index (χ0) is 9.84. The summed E-state index contributed by atoms with van der Waals surface area (Å²) in [5.74, 6) is 0.178. The van der Waals surface area contributed by atoms with Crippen LogP contribution in [-0.4, -0.2) is 27.1 Å². The zero-order valence-electron chi connectivity index (χ0n) is 6.96. The van der Waals surface area contributed by atoms with Crippen molar-refractivity contribution < 1.29 is 10.2 Å². The van der Waals surface area contributed by atoms with Gasteiger partial charge in [0.05, 0.1) is 11.8 Å². The van der Waals surface area contributed by atoms with Crippen LogP contribution in [-0.2, 0) is 0 Å².